The molecule has 0 saturated carbocycles. The van der Waals surface area contributed by atoms with Crippen molar-refractivity contribution in [2.45, 2.75) is 13.8 Å². The maximum absolute atomic E-state index is 11.7. The van der Waals surface area contributed by atoms with E-state index < -0.39 is 10.0 Å². The van der Waals surface area contributed by atoms with Gasteiger partial charge < -0.3 is 5.73 Å². The average Bonchev–Trinajstić information content (AvgIpc) is 2.09. The second kappa shape index (κ2) is 4.93. The van der Waals surface area contributed by atoms with Crippen molar-refractivity contribution in [3.8, 4) is 0 Å². The van der Waals surface area contributed by atoms with Crippen LogP contribution in [-0.2, 0) is 10.0 Å². The fourth-order valence-corrected chi connectivity index (χ4v) is 3.07. The fraction of sp³-hybridized carbons (Fsp3) is 0.400. The average molecular weight is 263 g/mol. The molecule has 0 spiro atoms. The number of hydrogen-bond acceptors (Lipinski definition) is 3. The van der Waals surface area contributed by atoms with Gasteiger partial charge in [-0.2, -0.15) is 0 Å². The topological polar surface area (TPSA) is 72.2 Å². The van der Waals surface area contributed by atoms with Crippen LogP contribution < -0.4 is 10.5 Å². The zero-order valence-electron chi connectivity index (χ0n) is 9.20. The van der Waals surface area contributed by atoms with E-state index in [1.54, 1.807) is 18.2 Å². The van der Waals surface area contributed by atoms with Gasteiger partial charge in [0.1, 0.15) is 0 Å². The molecule has 0 amide bonds. The van der Waals surface area contributed by atoms with Gasteiger partial charge in [-0.05, 0) is 18.1 Å². The lowest BCUT2D eigenvalue weighted by atomic mass is 10.3. The van der Waals surface area contributed by atoms with Gasteiger partial charge in [-0.3, -0.25) is 4.72 Å². The van der Waals surface area contributed by atoms with Gasteiger partial charge in [-0.25, -0.2) is 8.42 Å². The van der Waals surface area contributed by atoms with Gasteiger partial charge in [0, 0.05) is 0 Å². The maximum Gasteiger partial charge on any atom is 0.233 e. The molecule has 1 aromatic carbocycles. The minimum Gasteiger partial charge on any atom is -0.397 e. The van der Waals surface area contributed by atoms with Crippen LogP contribution in [0.5, 0.6) is 0 Å². The summed E-state index contributed by atoms with van der Waals surface area (Å²) in [6.45, 7) is 3.66. The summed E-state index contributed by atoms with van der Waals surface area (Å²) in [6, 6.07) is 4.85. The summed E-state index contributed by atoms with van der Waals surface area (Å²) in [5.41, 5.74) is 6.22. The maximum atomic E-state index is 11.7. The summed E-state index contributed by atoms with van der Waals surface area (Å²) >= 11 is 5.87. The molecule has 0 bridgehead atoms. The number of anilines is 2. The van der Waals surface area contributed by atoms with Gasteiger partial charge >= 0.3 is 0 Å². The van der Waals surface area contributed by atoms with Crippen molar-refractivity contribution in [1.29, 1.82) is 0 Å². The molecule has 1 aromatic rings. The zero-order valence-corrected chi connectivity index (χ0v) is 10.8. The zero-order chi connectivity index (χ0) is 12.3. The first-order valence-electron chi connectivity index (χ1n) is 4.86. The lowest BCUT2D eigenvalue weighted by Gasteiger charge is -2.12. The highest BCUT2D eigenvalue weighted by molar-refractivity contribution is 7.92. The molecule has 0 fully saturated rings. The molecular weight excluding hydrogens is 248 g/mol. The normalized spacial score (nSPS) is 11.8. The number of nitrogens with two attached hydrogens (primary N) is 1. The van der Waals surface area contributed by atoms with Gasteiger partial charge in [-0.1, -0.05) is 31.5 Å². The Labute approximate surface area is 101 Å². The quantitative estimate of drug-likeness (QED) is 0.818. The molecule has 16 heavy (non-hydrogen) atoms. The predicted molar refractivity (Wildman–Crippen MR) is 68.1 cm³/mol. The first-order chi connectivity index (χ1) is 7.32. The number of nitrogens with one attached hydrogen (secondary N) is 1. The van der Waals surface area contributed by atoms with E-state index in [1.165, 1.54) is 0 Å². The number of nitrogen functional groups attached to an aromatic ring is 1. The molecule has 0 unspecified atom stereocenters. The summed E-state index contributed by atoms with van der Waals surface area (Å²) < 4.78 is 25.8. The first-order valence-corrected chi connectivity index (χ1v) is 6.89. The van der Waals surface area contributed by atoms with Crippen LogP contribution in [0.1, 0.15) is 13.8 Å². The Balaban J connectivity index is 2.97. The number of halogens is 1. The summed E-state index contributed by atoms with van der Waals surface area (Å²) in [5.74, 6) is 0.0821. The summed E-state index contributed by atoms with van der Waals surface area (Å²) in [7, 11) is -3.39. The van der Waals surface area contributed by atoms with Crippen molar-refractivity contribution in [1.82, 2.24) is 0 Å². The van der Waals surface area contributed by atoms with Crippen molar-refractivity contribution in [3.05, 3.63) is 23.2 Å². The van der Waals surface area contributed by atoms with Crippen LogP contribution in [0.25, 0.3) is 0 Å². The Morgan fingerprint density at radius 3 is 2.56 bits per heavy atom. The standard InChI is InChI=1S/C10H15ClN2O2S/c1-7(2)6-16(14,15)13-10-8(11)4-3-5-9(10)12/h3-5,7,13H,6,12H2,1-2H3. The molecule has 3 N–H and O–H groups in total. The highest BCUT2D eigenvalue weighted by atomic mass is 35.5. The third-order valence-electron chi connectivity index (χ3n) is 1.86. The van der Waals surface area contributed by atoms with E-state index in [9.17, 15) is 8.42 Å². The van der Waals surface area contributed by atoms with E-state index in [4.69, 9.17) is 17.3 Å². The van der Waals surface area contributed by atoms with Crippen LogP contribution in [0.15, 0.2) is 18.2 Å². The Morgan fingerprint density at radius 2 is 2.06 bits per heavy atom. The summed E-state index contributed by atoms with van der Waals surface area (Å²) in [6.07, 6.45) is 0. The van der Waals surface area contributed by atoms with E-state index in [0.717, 1.165) is 0 Å². The molecule has 0 radical (unpaired) electrons. The molecule has 0 heterocycles. The van der Waals surface area contributed by atoms with Crippen LogP contribution in [-0.4, -0.2) is 14.2 Å². The predicted octanol–water partition coefficient (Wildman–Crippen LogP) is 2.32. The minimum absolute atomic E-state index is 0.0393. The molecule has 1 rings (SSSR count). The monoisotopic (exact) mass is 262 g/mol. The summed E-state index contributed by atoms with van der Waals surface area (Å²) in [4.78, 5) is 0. The van der Waals surface area contributed by atoms with Crippen LogP contribution in [0.3, 0.4) is 0 Å². The van der Waals surface area contributed by atoms with E-state index in [-0.39, 0.29) is 17.4 Å². The molecule has 0 saturated heterocycles. The van der Waals surface area contributed by atoms with Crippen LogP contribution in [0.2, 0.25) is 5.02 Å². The summed E-state index contributed by atoms with van der Waals surface area (Å²) in [5, 5.41) is 0.298. The number of benzene rings is 1. The number of para-hydroxylation sites is 1. The van der Waals surface area contributed by atoms with Crippen LogP contribution in [0.4, 0.5) is 11.4 Å². The molecule has 0 aliphatic heterocycles. The second-order valence-electron chi connectivity index (χ2n) is 3.98. The van der Waals surface area contributed by atoms with E-state index in [1.807, 2.05) is 13.8 Å². The third kappa shape index (κ3) is 3.57. The molecule has 4 nitrogen and oxygen atoms in total. The minimum atomic E-state index is -3.39. The second-order valence-corrected chi connectivity index (χ2v) is 6.16. The largest absolute Gasteiger partial charge is 0.397 e. The molecule has 90 valence electrons. The molecule has 0 aromatic heterocycles. The van der Waals surface area contributed by atoms with E-state index >= 15 is 0 Å². The van der Waals surface area contributed by atoms with Gasteiger partial charge in [0.2, 0.25) is 10.0 Å². The SMILES string of the molecule is CC(C)CS(=O)(=O)Nc1c(N)cccc1Cl. The van der Waals surface area contributed by atoms with Crippen molar-refractivity contribution < 1.29 is 8.42 Å². The number of hydrogen-bond donors (Lipinski definition) is 2. The van der Waals surface area contributed by atoms with Crippen molar-refractivity contribution in [2.24, 2.45) is 5.92 Å². The van der Waals surface area contributed by atoms with Crippen LogP contribution in [0, 0.1) is 5.92 Å². The highest BCUT2D eigenvalue weighted by Gasteiger charge is 2.15. The molecular formula is C10H15ClN2O2S. The third-order valence-corrected chi connectivity index (χ3v) is 3.79. The van der Waals surface area contributed by atoms with E-state index in [0.29, 0.717) is 10.7 Å². The van der Waals surface area contributed by atoms with Crippen molar-refractivity contribution in [3.63, 3.8) is 0 Å². The molecule has 0 aliphatic carbocycles. The van der Waals surface area contributed by atoms with Gasteiger partial charge in [-0.15, -0.1) is 0 Å². The first kappa shape index (κ1) is 13.1. The molecule has 0 aliphatic rings. The Kier molecular flexibility index (Phi) is 4.04. The Hall–Kier alpha value is -0.940. The van der Waals surface area contributed by atoms with E-state index in [2.05, 4.69) is 4.72 Å². The lowest BCUT2D eigenvalue weighted by Crippen LogP contribution is -2.20. The number of rotatable bonds is 4. The lowest BCUT2D eigenvalue weighted by molar-refractivity contribution is 0.587. The van der Waals surface area contributed by atoms with Gasteiger partial charge in [0.05, 0.1) is 22.2 Å². The fourth-order valence-electron chi connectivity index (χ4n) is 1.28. The van der Waals surface area contributed by atoms with Crippen LogP contribution >= 0.6 is 11.6 Å². The Morgan fingerprint density at radius 1 is 1.44 bits per heavy atom. The van der Waals surface area contributed by atoms with Crippen molar-refractivity contribution in [2.75, 3.05) is 16.2 Å². The molecule has 6 heteroatoms. The van der Waals surface area contributed by atoms with Gasteiger partial charge in [0.25, 0.3) is 0 Å². The Bertz CT molecular complexity index is 451. The smallest absolute Gasteiger partial charge is 0.233 e. The molecule has 0 atom stereocenters. The number of sulfonamides is 1. The van der Waals surface area contributed by atoms with Gasteiger partial charge in [0.15, 0.2) is 0 Å². The highest BCUT2D eigenvalue weighted by Crippen LogP contribution is 2.28. The van der Waals surface area contributed by atoms with Crippen molar-refractivity contribution >= 4 is 33.0 Å².